The number of hydrogen-bond acceptors (Lipinski definition) is 3. The highest BCUT2D eigenvalue weighted by Gasteiger charge is 2.12. The van der Waals surface area contributed by atoms with Crippen molar-refractivity contribution in [3.05, 3.63) is 58.5 Å². The number of carboxylic acids is 1. The van der Waals surface area contributed by atoms with Crippen LogP contribution < -0.4 is 5.32 Å². The number of halogens is 2. The number of nitrogens with zero attached hydrogens (tertiary/aromatic N) is 1. The fourth-order valence-corrected chi connectivity index (χ4v) is 1.70. The van der Waals surface area contributed by atoms with E-state index in [2.05, 4.69) is 10.3 Å². The molecule has 1 heterocycles. The molecule has 0 atom stereocenters. The summed E-state index contributed by atoms with van der Waals surface area (Å²) in [6, 6.07) is 6.04. The van der Waals surface area contributed by atoms with Gasteiger partial charge in [0.1, 0.15) is 11.6 Å². The fraction of sp³-hybridized carbons (Fsp3) is 0. The van der Waals surface area contributed by atoms with Crippen molar-refractivity contribution in [2.75, 3.05) is 5.32 Å². The molecule has 0 aliphatic rings. The van der Waals surface area contributed by atoms with Crippen molar-refractivity contribution in [1.82, 2.24) is 4.98 Å². The summed E-state index contributed by atoms with van der Waals surface area (Å²) < 4.78 is 12.9. The van der Waals surface area contributed by atoms with Crippen LogP contribution in [0.3, 0.4) is 0 Å². The minimum absolute atomic E-state index is 0.00261. The second kappa shape index (κ2) is 5.66. The van der Waals surface area contributed by atoms with Gasteiger partial charge in [0, 0.05) is 6.20 Å². The SMILES string of the molecule is O=C(O)c1ccc(NC(=O)c2ccc(F)cc2Cl)nc1. The van der Waals surface area contributed by atoms with Crippen molar-refractivity contribution < 1.29 is 19.1 Å². The number of carbonyl (C=O) groups excluding carboxylic acids is 1. The van der Waals surface area contributed by atoms with Crippen molar-refractivity contribution in [3.8, 4) is 0 Å². The van der Waals surface area contributed by atoms with Crippen LogP contribution in [0.1, 0.15) is 20.7 Å². The largest absolute Gasteiger partial charge is 0.478 e. The normalized spacial score (nSPS) is 10.1. The lowest BCUT2D eigenvalue weighted by molar-refractivity contribution is 0.0696. The van der Waals surface area contributed by atoms with Crippen LogP contribution in [0.15, 0.2) is 36.5 Å². The fourth-order valence-electron chi connectivity index (χ4n) is 1.45. The standard InChI is InChI=1S/C13H8ClFN2O3/c14-10-5-8(15)2-3-9(10)12(18)17-11-4-1-7(6-16-11)13(19)20/h1-6H,(H,19,20)(H,16,17,18). The first-order chi connectivity index (χ1) is 9.47. The Labute approximate surface area is 118 Å². The number of aromatic carboxylic acids is 1. The number of hydrogen-bond donors (Lipinski definition) is 2. The first-order valence-corrected chi connectivity index (χ1v) is 5.81. The number of benzene rings is 1. The van der Waals surface area contributed by atoms with Crippen molar-refractivity contribution in [1.29, 1.82) is 0 Å². The summed E-state index contributed by atoms with van der Waals surface area (Å²) >= 11 is 5.76. The third-order valence-electron chi connectivity index (χ3n) is 2.43. The molecule has 2 aromatic rings. The van der Waals surface area contributed by atoms with Gasteiger partial charge >= 0.3 is 5.97 Å². The van der Waals surface area contributed by atoms with Gasteiger partial charge in [0.25, 0.3) is 5.91 Å². The zero-order valence-corrected chi connectivity index (χ0v) is 10.7. The molecule has 0 unspecified atom stereocenters. The maximum Gasteiger partial charge on any atom is 0.337 e. The summed E-state index contributed by atoms with van der Waals surface area (Å²) in [5.41, 5.74) is 0.0972. The number of amides is 1. The first-order valence-electron chi connectivity index (χ1n) is 5.43. The number of carboxylic acid groups (broad SMARTS) is 1. The van der Waals surface area contributed by atoms with Crippen molar-refractivity contribution in [3.63, 3.8) is 0 Å². The molecule has 0 bridgehead atoms. The van der Waals surface area contributed by atoms with E-state index in [4.69, 9.17) is 16.7 Å². The van der Waals surface area contributed by atoms with E-state index in [1.54, 1.807) is 0 Å². The van der Waals surface area contributed by atoms with Crippen LogP contribution in [0.4, 0.5) is 10.2 Å². The zero-order valence-electron chi connectivity index (χ0n) is 9.93. The van der Waals surface area contributed by atoms with Crippen LogP contribution in [0.5, 0.6) is 0 Å². The van der Waals surface area contributed by atoms with Crippen LogP contribution in [-0.2, 0) is 0 Å². The van der Waals surface area contributed by atoms with E-state index in [1.165, 1.54) is 18.2 Å². The van der Waals surface area contributed by atoms with E-state index < -0.39 is 17.7 Å². The topological polar surface area (TPSA) is 79.3 Å². The van der Waals surface area contributed by atoms with Gasteiger partial charge in [0.15, 0.2) is 0 Å². The Hall–Kier alpha value is -2.47. The third kappa shape index (κ3) is 3.10. The number of rotatable bonds is 3. The quantitative estimate of drug-likeness (QED) is 0.912. The summed E-state index contributed by atoms with van der Waals surface area (Å²) in [7, 11) is 0. The van der Waals surface area contributed by atoms with Crippen molar-refractivity contribution in [2.45, 2.75) is 0 Å². The molecule has 0 spiro atoms. The van der Waals surface area contributed by atoms with Gasteiger partial charge in [-0.3, -0.25) is 4.79 Å². The molecule has 1 amide bonds. The summed E-state index contributed by atoms with van der Waals surface area (Å²) in [6.45, 7) is 0. The van der Waals surface area contributed by atoms with E-state index in [9.17, 15) is 14.0 Å². The molecule has 1 aromatic carbocycles. The molecular weight excluding hydrogens is 287 g/mol. The van der Waals surface area contributed by atoms with Gasteiger partial charge in [-0.25, -0.2) is 14.2 Å². The molecule has 0 saturated carbocycles. The van der Waals surface area contributed by atoms with E-state index in [-0.39, 0.29) is 22.0 Å². The van der Waals surface area contributed by atoms with Gasteiger partial charge in [-0.05, 0) is 30.3 Å². The Kier molecular flexibility index (Phi) is 3.95. The molecule has 0 radical (unpaired) electrons. The average molecular weight is 295 g/mol. The van der Waals surface area contributed by atoms with E-state index in [1.807, 2.05) is 0 Å². The van der Waals surface area contributed by atoms with Gasteiger partial charge in [0.05, 0.1) is 16.1 Å². The Morgan fingerprint density at radius 1 is 1.25 bits per heavy atom. The molecule has 20 heavy (non-hydrogen) atoms. The van der Waals surface area contributed by atoms with Gasteiger partial charge in [-0.1, -0.05) is 11.6 Å². The lowest BCUT2D eigenvalue weighted by Gasteiger charge is -2.06. The highest BCUT2D eigenvalue weighted by Crippen LogP contribution is 2.18. The molecular formula is C13H8ClFN2O3. The van der Waals surface area contributed by atoms with Gasteiger partial charge in [0.2, 0.25) is 0 Å². The summed E-state index contributed by atoms with van der Waals surface area (Å²) in [5, 5.41) is 11.1. The first kappa shape index (κ1) is 14.0. The van der Waals surface area contributed by atoms with Crippen LogP contribution in [-0.4, -0.2) is 22.0 Å². The van der Waals surface area contributed by atoms with E-state index in [0.29, 0.717) is 0 Å². The third-order valence-corrected chi connectivity index (χ3v) is 2.74. The lowest BCUT2D eigenvalue weighted by atomic mass is 10.2. The molecule has 7 heteroatoms. The second-order valence-corrected chi connectivity index (χ2v) is 4.22. The molecule has 102 valence electrons. The molecule has 0 saturated heterocycles. The molecule has 0 fully saturated rings. The molecule has 1 aromatic heterocycles. The lowest BCUT2D eigenvalue weighted by Crippen LogP contribution is -2.13. The Morgan fingerprint density at radius 2 is 2.00 bits per heavy atom. The predicted molar refractivity (Wildman–Crippen MR) is 70.6 cm³/mol. The molecule has 0 aliphatic carbocycles. The Morgan fingerprint density at radius 3 is 2.55 bits per heavy atom. The predicted octanol–water partition coefficient (Wildman–Crippen LogP) is 2.82. The average Bonchev–Trinajstić information content (AvgIpc) is 2.39. The monoisotopic (exact) mass is 294 g/mol. The summed E-state index contributed by atoms with van der Waals surface area (Å²) in [4.78, 5) is 26.3. The Balaban J connectivity index is 2.17. The van der Waals surface area contributed by atoms with Crippen LogP contribution in [0, 0.1) is 5.82 Å². The van der Waals surface area contributed by atoms with Gasteiger partial charge in [-0.2, -0.15) is 0 Å². The molecule has 0 aliphatic heterocycles. The molecule has 2 N–H and O–H groups in total. The number of aromatic nitrogens is 1. The van der Waals surface area contributed by atoms with Gasteiger partial charge < -0.3 is 10.4 Å². The minimum Gasteiger partial charge on any atom is -0.478 e. The number of carbonyl (C=O) groups is 2. The minimum atomic E-state index is -1.11. The van der Waals surface area contributed by atoms with Crippen LogP contribution >= 0.6 is 11.6 Å². The molecule has 5 nitrogen and oxygen atoms in total. The van der Waals surface area contributed by atoms with Crippen molar-refractivity contribution >= 4 is 29.3 Å². The van der Waals surface area contributed by atoms with E-state index >= 15 is 0 Å². The van der Waals surface area contributed by atoms with E-state index in [0.717, 1.165) is 18.3 Å². The van der Waals surface area contributed by atoms with Gasteiger partial charge in [-0.15, -0.1) is 0 Å². The highest BCUT2D eigenvalue weighted by atomic mass is 35.5. The highest BCUT2D eigenvalue weighted by molar-refractivity contribution is 6.34. The second-order valence-electron chi connectivity index (χ2n) is 3.82. The number of pyridine rings is 1. The maximum absolute atomic E-state index is 12.9. The van der Waals surface area contributed by atoms with Crippen molar-refractivity contribution in [2.24, 2.45) is 0 Å². The maximum atomic E-state index is 12.9. The summed E-state index contributed by atoms with van der Waals surface area (Å²) in [6.07, 6.45) is 1.12. The van der Waals surface area contributed by atoms with Crippen LogP contribution in [0.2, 0.25) is 5.02 Å². The van der Waals surface area contributed by atoms with Crippen LogP contribution in [0.25, 0.3) is 0 Å². The molecule has 2 rings (SSSR count). The zero-order chi connectivity index (χ0) is 14.7. The number of anilines is 1. The summed E-state index contributed by atoms with van der Waals surface area (Å²) in [5.74, 6) is -2.06. The smallest absolute Gasteiger partial charge is 0.337 e. The number of nitrogens with one attached hydrogen (secondary N) is 1. The Bertz CT molecular complexity index is 674.